The molecule has 0 bridgehead atoms. The van der Waals surface area contributed by atoms with Gasteiger partial charge >= 0.3 is 5.97 Å². The second-order valence-electron chi connectivity index (χ2n) is 7.76. The van der Waals surface area contributed by atoms with Gasteiger partial charge in [-0.05, 0) is 44.5 Å². The molecule has 0 radical (unpaired) electrons. The molecule has 2 aliphatic rings. The Balaban J connectivity index is 1.58. The van der Waals surface area contributed by atoms with E-state index in [0.717, 1.165) is 25.3 Å². The highest BCUT2D eigenvalue weighted by molar-refractivity contribution is 6.09. The van der Waals surface area contributed by atoms with E-state index in [1.165, 1.54) is 10.5 Å². The maximum Gasteiger partial charge on any atom is 0.326 e. The van der Waals surface area contributed by atoms with Crippen molar-refractivity contribution in [1.29, 1.82) is 0 Å². The Morgan fingerprint density at radius 3 is 2.53 bits per heavy atom. The van der Waals surface area contributed by atoms with Crippen LogP contribution in [0.5, 0.6) is 5.88 Å². The molecule has 1 amide bonds. The molecular formula is C23H27N3O4. The molecule has 30 heavy (non-hydrogen) atoms. The summed E-state index contributed by atoms with van der Waals surface area (Å²) in [6.45, 7) is 4.37. The number of rotatable bonds is 6. The van der Waals surface area contributed by atoms with Crippen molar-refractivity contribution in [3.05, 3.63) is 53.7 Å². The standard InChI is InChI=1S/C23H27N3O4/c1-3-30-20(27)16-26-18-9-10-19(29-2)24-21(18)23(22(26)28)11-13-25(14-12-23)15-17-7-5-4-6-8-17/h4-10H,3,11-16H2,1-2H3. The van der Waals surface area contributed by atoms with Crippen LogP contribution < -0.4 is 9.64 Å². The summed E-state index contributed by atoms with van der Waals surface area (Å²) in [4.78, 5) is 34.3. The fourth-order valence-corrected chi connectivity index (χ4v) is 4.46. The highest BCUT2D eigenvalue weighted by Crippen LogP contribution is 2.47. The Morgan fingerprint density at radius 2 is 1.87 bits per heavy atom. The van der Waals surface area contributed by atoms with Crippen molar-refractivity contribution >= 4 is 17.6 Å². The molecule has 1 saturated heterocycles. The minimum atomic E-state index is -0.719. The van der Waals surface area contributed by atoms with Gasteiger partial charge in [0.1, 0.15) is 6.54 Å². The molecule has 0 N–H and O–H groups in total. The van der Waals surface area contributed by atoms with Crippen LogP contribution in [0.3, 0.4) is 0 Å². The number of benzene rings is 1. The maximum absolute atomic E-state index is 13.6. The number of methoxy groups -OCH3 is 1. The predicted molar refractivity (Wildman–Crippen MR) is 112 cm³/mol. The molecule has 1 aromatic heterocycles. The minimum Gasteiger partial charge on any atom is -0.481 e. The van der Waals surface area contributed by atoms with Crippen molar-refractivity contribution in [2.24, 2.45) is 0 Å². The molecule has 1 aromatic carbocycles. The summed E-state index contributed by atoms with van der Waals surface area (Å²) in [6, 6.07) is 13.9. The van der Waals surface area contributed by atoms with Gasteiger partial charge in [-0.2, -0.15) is 0 Å². The molecule has 158 valence electrons. The summed E-state index contributed by atoms with van der Waals surface area (Å²) < 4.78 is 10.4. The van der Waals surface area contributed by atoms with E-state index < -0.39 is 11.4 Å². The van der Waals surface area contributed by atoms with Crippen molar-refractivity contribution in [3.8, 4) is 5.88 Å². The first-order chi connectivity index (χ1) is 14.6. The van der Waals surface area contributed by atoms with Crippen LogP contribution in [-0.4, -0.2) is 55.1 Å². The maximum atomic E-state index is 13.6. The number of amides is 1. The molecule has 2 aliphatic heterocycles. The zero-order valence-electron chi connectivity index (χ0n) is 17.5. The molecule has 0 unspecified atom stereocenters. The van der Waals surface area contributed by atoms with Gasteiger partial charge in [-0.3, -0.25) is 19.4 Å². The largest absolute Gasteiger partial charge is 0.481 e. The lowest BCUT2D eigenvalue weighted by molar-refractivity contribution is -0.142. The number of piperidine rings is 1. The highest BCUT2D eigenvalue weighted by atomic mass is 16.5. The normalized spacial score (nSPS) is 17.8. The van der Waals surface area contributed by atoms with Crippen LogP contribution in [0, 0.1) is 0 Å². The van der Waals surface area contributed by atoms with E-state index >= 15 is 0 Å². The summed E-state index contributed by atoms with van der Waals surface area (Å²) in [5.41, 5.74) is 1.94. The monoisotopic (exact) mass is 409 g/mol. The van der Waals surface area contributed by atoms with Crippen LogP contribution in [-0.2, 0) is 26.3 Å². The number of likely N-dealkylation sites (tertiary alicyclic amines) is 1. The van der Waals surface area contributed by atoms with Crippen LogP contribution in [0.4, 0.5) is 5.69 Å². The van der Waals surface area contributed by atoms with Crippen molar-refractivity contribution in [2.75, 3.05) is 38.3 Å². The molecular weight excluding hydrogens is 382 g/mol. The lowest BCUT2D eigenvalue weighted by Gasteiger charge is -2.38. The molecule has 7 heteroatoms. The number of carbonyl (C=O) groups is 2. The fraction of sp³-hybridized carbons (Fsp3) is 0.435. The number of ether oxygens (including phenoxy) is 2. The van der Waals surface area contributed by atoms with E-state index in [1.807, 2.05) is 24.3 Å². The number of esters is 1. The lowest BCUT2D eigenvalue weighted by atomic mass is 9.76. The third kappa shape index (κ3) is 3.65. The number of anilines is 1. The Hall–Kier alpha value is -2.93. The van der Waals surface area contributed by atoms with E-state index in [4.69, 9.17) is 9.47 Å². The van der Waals surface area contributed by atoms with E-state index in [-0.39, 0.29) is 19.1 Å². The molecule has 0 aliphatic carbocycles. The van der Waals surface area contributed by atoms with Gasteiger partial charge in [-0.15, -0.1) is 0 Å². The summed E-state index contributed by atoms with van der Waals surface area (Å²) in [6.07, 6.45) is 1.32. The molecule has 3 heterocycles. The smallest absolute Gasteiger partial charge is 0.326 e. The van der Waals surface area contributed by atoms with Crippen LogP contribution >= 0.6 is 0 Å². The Labute approximate surface area is 176 Å². The number of aromatic nitrogens is 1. The van der Waals surface area contributed by atoms with Crippen molar-refractivity contribution in [1.82, 2.24) is 9.88 Å². The summed E-state index contributed by atoms with van der Waals surface area (Å²) in [5, 5.41) is 0. The SMILES string of the molecule is CCOC(=O)CN1C(=O)C2(CCN(Cc3ccccc3)CC2)c2nc(OC)ccc21. The predicted octanol–water partition coefficient (Wildman–Crippen LogP) is 2.53. The Kier molecular flexibility index (Phi) is 5.72. The van der Waals surface area contributed by atoms with Gasteiger partial charge in [0, 0.05) is 12.6 Å². The van der Waals surface area contributed by atoms with Crippen molar-refractivity contribution < 1.29 is 19.1 Å². The summed E-state index contributed by atoms with van der Waals surface area (Å²) in [5.74, 6) is 0.00229. The van der Waals surface area contributed by atoms with Crippen LogP contribution in [0.1, 0.15) is 31.0 Å². The first kappa shape index (κ1) is 20.3. The van der Waals surface area contributed by atoms with Gasteiger partial charge < -0.3 is 9.47 Å². The van der Waals surface area contributed by atoms with Gasteiger partial charge in [-0.25, -0.2) is 4.98 Å². The highest BCUT2D eigenvalue weighted by Gasteiger charge is 2.54. The minimum absolute atomic E-state index is 0.0642. The lowest BCUT2D eigenvalue weighted by Crippen LogP contribution is -2.49. The number of carbonyl (C=O) groups excluding carboxylic acids is 2. The van der Waals surface area contributed by atoms with Crippen LogP contribution in [0.25, 0.3) is 0 Å². The second kappa shape index (κ2) is 8.44. The fourth-order valence-electron chi connectivity index (χ4n) is 4.46. The molecule has 0 saturated carbocycles. The van der Waals surface area contributed by atoms with Gasteiger partial charge in [0.25, 0.3) is 0 Å². The molecule has 1 fully saturated rings. The Morgan fingerprint density at radius 1 is 1.13 bits per heavy atom. The Bertz CT molecular complexity index is 923. The van der Waals surface area contributed by atoms with Gasteiger partial charge in [-0.1, -0.05) is 30.3 Å². The molecule has 4 rings (SSSR count). The second-order valence-corrected chi connectivity index (χ2v) is 7.76. The van der Waals surface area contributed by atoms with E-state index in [0.29, 0.717) is 24.4 Å². The third-order valence-electron chi connectivity index (χ3n) is 6.01. The molecule has 7 nitrogen and oxygen atoms in total. The zero-order chi connectivity index (χ0) is 21.1. The van der Waals surface area contributed by atoms with E-state index in [9.17, 15) is 9.59 Å². The average molecular weight is 409 g/mol. The van der Waals surface area contributed by atoms with Crippen LogP contribution in [0.15, 0.2) is 42.5 Å². The molecule has 2 aromatic rings. The van der Waals surface area contributed by atoms with Gasteiger partial charge in [0.15, 0.2) is 0 Å². The first-order valence-electron chi connectivity index (χ1n) is 10.4. The summed E-state index contributed by atoms with van der Waals surface area (Å²) in [7, 11) is 1.57. The molecule has 1 spiro atoms. The number of hydrogen-bond donors (Lipinski definition) is 0. The van der Waals surface area contributed by atoms with Crippen molar-refractivity contribution in [2.45, 2.75) is 31.7 Å². The summed E-state index contributed by atoms with van der Waals surface area (Å²) >= 11 is 0. The number of pyridine rings is 1. The number of nitrogens with zero attached hydrogens (tertiary/aromatic N) is 3. The quantitative estimate of drug-likeness (QED) is 0.683. The third-order valence-corrected chi connectivity index (χ3v) is 6.01. The van der Waals surface area contributed by atoms with E-state index in [1.54, 1.807) is 20.1 Å². The topological polar surface area (TPSA) is 72.0 Å². The molecule has 0 atom stereocenters. The first-order valence-corrected chi connectivity index (χ1v) is 10.4. The van der Waals surface area contributed by atoms with Crippen molar-refractivity contribution in [3.63, 3.8) is 0 Å². The average Bonchev–Trinajstić information content (AvgIpc) is 2.98. The van der Waals surface area contributed by atoms with E-state index in [2.05, 4.69) is 22.0 Å². The van der Waals surface area contributed by atoms with Gasteiger partial charge in [0.05, 0.1) is 30.5 Å². The van der Waals surface area contributed by atoms with Gasteiger partial charge in [0.2, 0.25) is 11.8 Å². The van der Waals surface area contributed by atoms with Crippen LogP contribution in [0.2, 0.25) is 0 Å². The number of fused-ring (bicyclic) bond motifs is 2. The zero-order valence-corrected chi connectivity index (χ0v) is 17.5. The number of hydrogen-bond acceptors (Lipinski definition) is 6.